The Balaban J connectivity index is 1.95. The molecule has 8 nitrogen and oxygen atoms in total. The largest absolute Gasteiger partial charge is 0.383 e. The first-order valence-corrected chi connectivity index (χ1v) is 13.1. The van der Waals surface area contributed by atoms with Crippen molar-refractivity contribution in [2.45, 2.75) is 6.42 Å². The highest BCUT2D eigenvalue weighted by molar-refractivity contribution is 14.1. The fourth-order valence-corrected chi connectivity index (χ4v) is 4.63. The molecule has 198 valence electrons. The summed E-state index contributed by atoms with van der Waals surface area (Å²) in [7, 11) is -2.77. The predicted molar refractivity (Wildman–Crippen MR) is 139 cm³/mol. The second kappa shape index (κ2) is 12.1. The van der Waals surface area contributed by atoms with Gasteiger partial charge in [0.05, 0.1) is 29.2 Å². The van der Waals surface area contributed by atoms with Crippen molar-refractivity contribution in [3.63, 3.8) is 0 Å². The van der Waals surface area contributed by atoms with Gasteiger partial charge in [0, 0.05) is 23.6 Å². The van der Waals surface area contributed by atoms with E-state index in [2.05, 4.69) is 10.0 Å². The van der Waals surface area contributed by atoms with Gasteiger partial charge in [-0.3, -0.25) is 9.52 Å². The topological polar surface area (TPSA) is 123 Å². The molecule has 0 spiro atoms. The molecule has 37 heavy (non-hydrogen) atoms. The van der Waals surface area contributed by atoms with E-state index < -0.39 is 68.3 Å². The molecule has 0 aliphatic rings. The summed E-state index contributed by atoms with van der Waals surface area (Å²) in [5.74, 6) is -5.90. The molecule has 1 amide bonds. The zero-order chi connectivity index (χ0) is 27.3. The highest BCUT2D eigenvalue weighted by Crippen LogP contribution is 2.32. The third kappa shape index (κ3) is 7.09. The maximum atomic E-state index is 15.1. The van der Waals surface area contributed by atoms with Crippen LogP contribution in [0.2, 0.25) is 0 Å². The zero-order valence-electron chi connectivity index (χ0n) is 19.2. The number of nitrogens with one attached hydrogen (secondary N) is 3. The van der Waals surface area contributed by atoms with Gasteiger partial charge >= 0.3 is 0 Å². The normalized spacial score (nSPS) is 11.4. The van der Waals surface area contributed by atoms with Gasteiger partial charge in [-0.25, -0.2) is 17.6 Å². The summed E-state index contributed by atoms with van der Waals surface area (Å²) >= 11 is 1.86. The SMILES string of the molecule is COCCNS(=O)(=O)Nc1cccc(Cc2cc(C(N)=O)c(Nc3ccc(I)cc3F)c(F)c2F)c1F. The fourth-order valence-electron chi connectivity index (χ4n) is 3.31. The Hall–Kier alpha value is -2.95. The molecule has 0 saturated carbocycles. The Labute approximate surface area is 223 Å². The van der Waals surface area contributed by atoms with Gasteiger partial charge in [0.1, 0.15) is 5.82 Å². The van der Waals surface area contributed by atoms with Crippen molar-refractivity contribution in [3.8, 4) is 0 Å². The smallest absolute Gasteiger partial charge is 0.299 e. The molecule has 0 bridgehead atoms. The Kier molecular flexibility index (Phi) is 9.33. The van der Waals surface area contributed by atoms with Crippen molar-refractivity contribution in [2.75, 3.05) is 30.3 Å². The number of amides is 1. The molecule has 0 aliphatic carbocycles. The highest BCUT2D eigenvalue weighted by atomic mass is 127. The minimum atomic E-state index is -4.15. The van der Waals surface area contributed by atoms with E-state index in [9.17, 15) is 17.6 Å². The Morgan fingerprint density at radius 3 is 2.38 bits per heavy atom. The lowest BCUT2D eigenvalue weighted by Gasteiger charge is -2.16. The highest BCUT2D eigenvalue weighted by Gasteiger charge is 2.24. The molecule has 14 heteroatoms. The summed E-state index contributed by atoms with van der Waals surface area (Å²) in [5.41, 5.74) is 2.88. The number of primary amides is 1. The minimum absolute atomic E-state index is 0.0694. The molecule has 0 aromatic heterocycles. The standard InChI is InChI=1S/C23H21F4IN4O4S/c1-36-8-7-30-37(34,35)32-18-4-2-3-12(19(18)25)9-13-10-15(23(29)33)22(21(27)20(13)26)31-17-6-5-14(28)11-16(17)24/h2-6,10-11,30-32H,7-9H2,1H3,(H2,29,33). The minimum Gasteiger partial charge on any atom is -0.383 e. The van der Waals surface area contributed by atoms with Gasteiger partial charge in [0.15, 0.2) is 17.5 Å². The predicted octanol–water partition coefficient (Wildman–Crippen LogP) is 4.17. The van der Waals surface area contributed by atoms with E-state index in [1.165, 1.54) is 31.4 Å². The van der Waals surface area contributed by atoms with Crippen molar-refractivity contribution < 1.29 is 35.5 Å². The molecular weight excluding hydrogens is 631 g/mol. The molecule has 0 fully saturated rings. The maximum absolute atomic E-state index is 15.1. The van der Waals surface area contributed by atoms with Gasteiger partial charge in [0.2, 0.25) is 0 Å². The maximum Gasteiger partial charge on any atom is 0.299 e. The molecule has 3 rings (SSSR count). The van der Waals surface area contributed by atoms with Crippen LogP contribution in [-0.2, 0) is 21.4 Å². The molecule has 0 unspecified atom stereocenters. The fraction of sp³-hybridized carbons (Fsp3) is 0.174. The number of rotatable bonds is 11. The number of hydrogen-bond acceptors (Lipinski definition) is 5. The van der Waals surface area contributed by atoms with E-state index in [4.69, 9.17) is 10.5 Å². The summed E-state index contributed by atoms with van der Waals surface area (Å²) in [6.07, 6.45) is -0.556. The Bertz CT molecular complexity index is 1440. The van der Waals surface area contributed by atoms with E-state index in [-0.39, 0.29) is 24.4 Å². The van der Waals surface area contributed by atoms with Crippen LogP contribution in [0.15, 0.2) is 42.5 Å². The number of benzene rings is 3. The number of ether oxygens (including phenoxy) is 1. The summed E-state index contributed by atoms with van der Waals surface area (Å²) in [6.45, 7) is 0.0115. The van der Waals surface area contributed by atoms with Crippen molar-refractivity contribution in [1.29, 1.82) is 0 Å². The van der Waals surface area contributed by atoms with Gasteiger partial charge in [-0.2, -0.15) is 13.1 Å². The molecule has 0 aliphatic heterocycles. The number of carbonyl (C=O) groups excluding carboxylic acids is 1. The van der Waals surface area contributed by atoms with Crippen molar-refractivity contribution >= 4 is 55.8 Å². The van der Waals surface area contributed by atoms with Crippen LogP contribution in [0, 0.1) is 26.8 Å². The first-order chi connectivity index (χ1) is 17.4. The summed E-state index contributed by atoms with van der Waals surface area (Å²) < 4.78 is 93.1. The second-order valence-corrected chi connectivity index (χ2v) is 10.4. The van der Waals surface area contributed by atoms with Crippen molar-refractivity contribution in [2.24, 2.45) is 5.73 Å². The van der Waals surface area contributed by atoms with Crippen LogP contribution in [0.4, 0.5) is 34.6 Å². The van der Waals surface area contributed by atoms with E-state index in [0.29, 0.717) is 3.57 Å². The molecule has 0 atom stereocenters. The van der Waals surface area contributed by atoms with Crippen LogP contribution in [0.3, 0.4) is 0 Å². The average molecular weight is 652 g/mol. The summed E-state index contributed by atoms with van der Waals surface area (Å²) in [4.78, 5) is 12.0. The van der Waals surface area contributed by atoms with Gasteiger partial charge in [-0.1, -0.05) is 12.1 Å². The third-order valence-corrected chi connectivity index (χ3v) is 6.78. The summed E-state index contributed by atoms with van der Waals surface area (Å²) in [6, 6.07) is 8.55. The molecule has 3 aromatic carbocycles. The molecule has 3 aromatic rings. The van der Waals surface area contributed by atoms with Crippen LogP contribution in [0.5, 0.6) is 0 Å². The molecule has 0 saturated heterocycles. The first kappa shape index (κ1) is 28.6. The van der Waals surface area contributed by atoms with E-state index in [1.807, 2.05) is 27.3 Å². The van der Waals surface area contributed by atoms with Gasteiger partial charge in [-0.15, -0.1) is 0 Å². The number of anilines is 3. The van der Waals surface area contributed by atoms with Gasteiger partial charge < -0.3 is 15.8 Å². The molecular formula is C23H21F4IN4O4S. The lowest BCUT2D eigenvalue weighted by atomic mass is 9.99. The number of carbonyl (C=O) groups is 1. The van der Waals surface area contributed by atoms with Crippen LogP contribution in [0.25, 0.3) is 0 Å². The average Bonchev–Trinajstić information content (AvgIpc) is 2.82. The van der Waals surface area contributed by atoms with E-state index in [0.717, 1.165) is 18.2 Å². The van der Waals surface area contributed by atoms with Crippen LogP contribution < -0.4 is 20.5 Å². The second-order valence-electron chi connectivity index (χ2n) is 7.65. The number of nitrogens with two attached hydrogens (primary N) is 1. The molecule has 0 heterocycles. The Morgan fingerprint density at radius 2 is 1.73 bits per heavy atom. The number of methoxy groups -OCH3 is 1. The van der Waals surface area contributed by atoms with Crippen LogP contribution in [-0.4, -0.2) is 34.6 Å². The van der Waals surface area contributed by atoms with E-state index >= 15 is 13.2 Å². The first-order valence-electron chi connectivity index (χ1n) is 10.5. The van der Waals surface area contributed by atoms with Crippen LogP contribution in [0.1, 0.15) is 21.5 Å². The summed E-state index contributed by atoms with van der Waals surface area (Å²) in [5, 5.41) is 2.36. The monoisotopic (exact) mass is 652 g/mol. The van der Waals surface area contributed by atoms with Crippen molar-refractivity contribution in [1.82, 2.24) is 4.72 Å². The van der Waals surface area contributed by atoms with Gasteiger partial charge in [0.25, 0.3) is 16.1 Å². The zero-order valence-corrected chi connectivity index (χ0v) is 22.1. The van der Waals surface area contributed by atoms with Crippen LogP contribution >= 0.6 is 22.6 Å². The quantitative estimate of drug-likeness (QED) is 0.141. The Morgan fingerprint density at radius 1 is 1.00 bits per heavy atom. The van der Waals surface area contributed by atoms with Gasteiger partial charge in [-0.05, 0) is 64.0 Å². The van der Waals surface area contributed by atoms with E-state index in [1.54, 1.807) is 0 Å². The molecule has 5 N–H and O–H groups in total. The number of halogens is 5. The number of hydrogen-bond donors (Lipinski definition) is 4. The van der Waals surface area contributed by atoms with Crippen molar-refractivity contribution in [3.05, 3.63) is 86.0 Å². The third-order valence-electron chi connectivity index (χ3n) is 5.04. The molecule has 0 radical (unpaired) electrons. The lowest BCUT2D eigenvalue weighted by Crippen LogP contribution is -2.32. The lowest BCUT2D eigenvalue weighted by molar-refractivity contribution is 0.100.